The third kappa shape index (κ3) is 2.86. The molecule has 0 saturated heterocycles. The summed E-state index contributed by atoms with van der Waals surface area (Å²) >= 11 is 0. The van der Waals surface area contributed by atoms with Gasteiger partial charge in [-0.1, -0.05) is 32.0 Å². The van der Waals surface area contributed by atoms with E-state index in [9.17, 15) is 4.39 Å². The molecule has 0 N–H and O–H groups in total. The molecule has 0 aliphatic carbocycles. The zero-order valence-electron chi connectivity index (χ0n) is 10.9. The van der Waals surface area contributed by atoms with E-state index >= 15 is 0 Å². The van der Waals surface area contributed by atoms with Gasteiger partial charge < -0.3 is 0 Å². The molecule has 1 atom stereocenters. The number of halogens is 1. The van der Waals surface area contributed by atoms with E-state index in [-0.39, 0.29) is 6.67 Å². The van der Waals surface area contributed by atoms with E-state index in [0.717, 1.165) is 19.5 Å². The Bertz CT molecular complexity index is 375. The molecular weight excluding hydrogens is 213 g/mol. The van der Waals surface area contributed by atoms with Gasteiger partial charge in [0.2, 0.25) is 0 Å². The molecule has 1 nitrogen and oxygen atoms in total. The molecule has 0 bridgehead atoms. The fourth-order valence-corrected chi connectivity index (χ4v) is 2.49. The standard InChI is InChI=1S/C15H22FN/c1-3-12(2)14-5-4-13-6-8-17(9-7-16)11-15(13)10-14/h4-5,10,12H,3,6-9,11H2,1-2H3. The number of alkyl halides is 1. The Morgan fingerprint density at radius 1 is 1.35 bits per heavy atom. The van der Waals surface area contributed by atoms with Gasteiger partial charge in [0, 0.05) is 19.6 Å². The molecule has 0 spiro atoms. The maximum absolute atomic E-state index is 12.4. The van der Waals surface area contributed by atoms with Crippen molar-refractivity contribution in [3.8, 4) is 0 Å². The smallest absolute Gasteiger partial charge is 0.102 e. The van der Waals surface area contributed by atoms with E-state index in [1.54, 1.807) is 0 Å². The van der Waals surface area contributed by atoms with Crippen LogP contribution in [0.5, 0.6) is 0 Å². The summed E-state index contributed by atoms with van der Waals surface area (Å²) < 4.78 is 12.4. The first kappa shape index (κ1) is 12.6. The van der Waals surface area contributed by atoms with Crippen molar-refractivity contribution in [1.29, 1.82) is 0 Å². The van der Waals surface area contributed by atoms with Crippen LogP contribution in [0.1, 0.15) is 42.9 Å². The molecule has 0 aromatic heterocycles. The molecule has 2 rings (SSSR count). The second kappa shape index (κ2) is 5.63. The summed E-state index contributed by atoms with van der Waals surface area (Å²) in [5, 5.41) is 0. The van der Waals surface area contributed by atoms with E-state index in [4.69, 9.17) is 0 Å². The second-order valence-corrected chi connectivity index (χ2v) is 5.05. The minimum atomic E-state index is -0.236. The van der Waals surface area contributed by atoms with Crippen molar-refractivity contribution in [3.05, 3.63) is 34.9 Å². The van der Waals surface area contributed by atoms with Gasteiger partial charge in [0.1, 0.15) is 6.67 Å². The zero-order chi connectivity index (χ0) is 12.3. The SMILES string of the molecule is CCC(C)c1ccc2c(c1)CN(CCF)CC2. The molecule has 0 radical (unpaired) electrons. The molecule has 0 saturated carbocycles. The molecule has 94 valence electrons. The van der Waals surface area contributed by atoms with Gasteiger partial charge in [0.15, 0.2) is 0 Å². The van der Waals surface area contributed by atoms with Crippen LogP contribution in [0.4, 0.5) is 4.39 Å². The third-order valence-corrected chi connectivity index (χ3v) is 3.90. The second-order valence-electron chi connectivity index (χ2n) is 5.05. The molecule has 1 aromatic rings. The van der Waals surface area contributed by atoms with Gasteiger partial charge in [-0.3, -0.25) is 4.90 Å². The van der Waals surface area contributed by atoms with Crippen LogP contribution in [-0.4, -0.2) is 24.7 Å². The summed E-state index contributed by atoms with van der Waals surface area (Å²) in [6, 6.07) is 6.86. The lowest BCUT2D eigenvalue weighted by atomic mass is 9.91. The van der Waals surface area contributed by atoms with Crippen molar-refractivity contribution in [2.75, 3.05) is 19.8 Å². The summed E-state index contributed by atoms with van der Waals surface area (Å²) in [4.78, 5) is 2.21. The van der Waals surface area contributed by atoms with Gasteiger partial charge in [-0.05, 0) is 35.4 Å². The number of hydrogen-bond acceptors (Lipinski definition) is 1. The Hall–Kier alpha value is -0.890. The molecule has 1 aliphatic rings. The highest BCUT2D eigenvalue weighted by Crippen LogP contribution is 2.25. The Balaban J connectivity index is 2.17. The van der Waals surface area contributed by atoms with Gasteiger partial charge >= 0.3 is 0 Å². The van der Waals surface area contributed by atoms with E-state index in [2.05, 4.69) is 36.9 Å². The first-order valence-electron chi connectivity index (χ1n) is 6.64. The molecule has 1 unspecified atom stereocenters. The lowest BCUT2D eigenvalue weighted by Crippen LogP contribution is -2.32. The molecule has 0 fully saturated rings. The highest BCUT2D eigenvalue weighted by Gasteiger charge is 2.16. The highest BCUT2D eigenvalue weighted by atomic mass is 19.1. The Labute approximate surface area is 104 Å². The summed E-state index contributed by atoms with van der Waals surface area (Å²) in [5.41, 5.74) is 4.28. The van der Waals surface area contributed by atoms with Gasteiger partial charge in [0.05, 0.1) is 0 Å². The minimum absolute atomic E-state index is 0.236. The van der Waals surface area contributed by atoms with Crippen molar-refractivity contribution >= 4 is 0 Å². The summed E-state index contributed by atoms with van der Waals surface area (Å²) in [5.74, 6) is 0.622. The van der Waals surface area contributed by atoms with Crippen molar-refractivity contribution in [1.82, 2.24) is 4.90 Å². The maximum atomic E-state index is 12.4. The number of benzene rings is 1. The van der Waals surface area contributed by atoms with Crippen LogP contribution in [0.2, 0.25) is 0 Å². The average molecular weight is 235 g/mol. The number of fused-ring (bicyclic) bond motifs is 1. The van der Waals surface area contributed by atoms with Gasteiger partial charge in [0.25, 0.3) is 0 Å². The van der Waals surface area contributed by atoms with Crippen LogP contribution in [0.15, 0.2) is 18.2 Å². The number of nitrogens with zero attached hydrogens (tertiary/aromatic N) is 1. The van der Waals surface area contributed by atoms with E-state index in [1.807, 2.05) is 0 Å². The minimum Gasteiger partial charge on any atom is -0.296 e. The lowest BCUT2D eigenvalue weighted by molar-refractivity contribution is 0.231. The quantitative estimate of drug-likeness (QED) is 0.771. The lowest BCUT2D eigenvalue weighted by Gasteiger charge is -2.28. The average Bonchev–Trinajstić information content (AvgIpc) is 2.37. The summed E-state index contributed by atoms with van der Waals surface area (Å²) in [6.45, 7) is 6.75. The van der Waals surface area contributed by atoms with E-state index in [0.29, 0.717) is 12.5 Å². The molecule has 0 amide bonds. The van der Waals surface area contributed by atoms with Crippen LogP contribution in [0.25, 0.3) is 0 Å². The molecule has 2 heteroatoms. The first-order valence-corrected chi connectivity index (χ1v) is 6.64. The molecule has 1 aromatic carbocycles. The largest absolute Gasteiger partial charge is 0.296 e. The predicted octanol–water partition coefficient (Wildman–Crippen LogP) is 3.53. The van der Waals surface area contributed by atoms with Gasteiger partial charge in [-0.15, -0.1) is 0 Å². The number of hydrogen-bond donors (Lipinski definition) is 0. The Morgan fingerprint density at radius 3 is 2.88 bits per heavy atom. The zero-order valence-corrected chi connectivity index (χ0v) is 10.9. The monoisotopic (exact) mass is 235 g/mol. The topological polar surface area (TPSA) is 3.24 Å². The van der Waals surface area contributed by atoms with Crippen LogP contribution in [0, 0.1) is 0 Å². The van der Waals surface area contributed by atoms with E-state index < -0.39 is 0 Å². The van der Waals surface area contributed by atoms with Crippen molar-refractivity contribution in [2.45, 2.75) is 39.2 Å². The number of rotatable bonds is 4. The molecule has 1 heterocycles. The summed E-state index contributed by atoms with van der Waals surface area (Å²) in [6.07, 6.45) is 2.24. The fourth-order valence-electron chi connectivity index (χ4n) is 2.49. The van der Waals surface area contributed by atoms with Gasteiger partial charge in [-0.2, -0.15) is 0 Å². The highest BCUT2D eigenvalue weighted by molar-refractivity contribution is 5.35. The molecule has 1 aliphatic heterocycles. The first-order chi connectivity index (χ1) is 8.24. The normalized spacial score (nSPS) is 17.8. The van der Waals surface area contributed by atoms with Crippen molar-refractivity contribution in [3.63, 3.8) is 0 Å². The fraction of sp³-hybridized carbons (Fsp3) is 0.600. The third-order valence-electron chi connectivity index (χ3n) is 3.90. The van der Waals surface area contributed by atoms with Crippen molar-refractivity contribution in [2.24, 2.45) is 0 Å². The Kier molecular flexibility index (Phi) is 4.16. The van der Waals surface area contributed by atoms with Crippen LogP contribution in [-0.2, 0) is 13.0 Å². The van der Waals surface area contributed by atoms with Crippen LogP contribution >= 0.6 is 0 Å². The molecular formula is C15H22FN. The molecule has 17 heavy (non-hydrogen) atoms. The van der Waals surface area contributed by atoms with Gasteiger partial charge in [-0.25, -0.2) is 4.39 Å². The Morgan fingerprint density at radius 2 is 2.18 bits per heavy atom. The van der Waals surface area contributed by atoms with Crippen LogP contribution < -0.4 is 0 Å². The maximum Gasteiger partial charge on any atom is 0.102 e. The van der Waals surface area contributed by atoms with Crippen LogP contribution in [0.3, 0.4) is 0 Å². The summed E-state index contributed by atoms with van der Waals surface area (Å²) in [7, 11) is 0. The van der Waals surface area contributed by atoms with E-state index in [1.165, 1.54) is 23.1 Å². The van der Waals surface area contributed by atoms with Crippen molar-refractivity contribution < 1.29 is 4.39 Å². The predicted molar refractivity (Wildman–Crippen MR) is 70.1 cm³/mol.